The van der Waals surface area contributed by atoms with Crippen LogP contribution in [-0.2, 0) is 13.1 Å². The Kier molecular flexibility index (Phi) is 10.4. The van der Waals surface area contributed by atoms with Crippen LogP contribution in [0.4, 0.5) is 0 Å². The summed E-state index contributed by atoms with van der Waals surface area (Å²) >= 11 is 0. The van der Waals surface area contributed by atoms with Gasteiger partial charge in [0.15, 0.2) is 5.96 Å². The fourth-order valence-corrected chi connectivity index (χ4v) is 3.24. The summed E-state index contributed by atoms with van der Waals surface area (Å²) in [6, 6.07) is 9.38. The van der Waals surface area contributed by atoms with E-state index in [1.807, 2.05) is 7.05 Å². The Balaban J connectivity index is 0.00000312. The van der Waals surface area contributed by atoms with E-state index in [1.165, 1.54) is 36.8 Å². The van der Waals surface area contributed by atoms with E-state index in [9.17, 15) is 0 Å². The number of hydrogen-bond donors (Lipinski definition) is 2. The Labute approximate surface area is 170 Å². The van der Waals surface area contributed by atoms with Gasteiger partial charge in [-0.25, -0.2) is 0 Å². The highest BCUT2D eigenvalue weighted by molar-refractivity contribution is 14.0. The van der Waals surface area contributed by atoms with E-state index in [2.05, 4.69) is 65.7 Å². The maximum atomic E-state index is 4.39. The Hall–Kier alpha value is -0.820. The molecule has 0 atom stereocenters. The summed E-state index contributed by atoms with van der Waals surface area (Å²) in [6.07, 6.45) is 5.14. The number of benzene rings is 1. The average Bonchev–Trinajstić information content (AvgIpc) is 2.60. The molecule has 4 nitrogen and oxygen atoms in total. The van der Waals surface area contributed by atoms with Gasteiger partial charge >= 0.3 is 0 Å². The van der Waals surface area contributed by atoms with Gasteiger partial charge in [-0.3, -0.25) is 4.99 Å². The van der Waals surface area contributed by atoms with Crippen molar-refractivity contribution in [2.75, 3.05) is 20.6 Å². The molecule has 0 heterocycles. The van der Waals surface area contributed by atoms with E-state index in [0.29, 0.717) is 6.04 Å². The van der Waals surface area contributed by atoms with Gasteiger partial charge in [0, 0.05) is 26.2 Å². The second kappa shape index (κ2) is 11.7. The average molecular weight is 458 g/mol. The second-order valence-corrected chi connectivity index (χ2v) is 7.18. The van der Waals surface area contributed by atoms with Gasteiger partial charge in [-0.05, 0) is 56.3 Å². The van der Waals surface area contributed by atoms with Gasteiger partial charge < -0.3 is 15.5 Å². The maximum absolute atomic E-state index is 4.39. The summed E-state index contributed by atoms with van der Waals surface area (Å²) < 4.78 is 0. The zero-order valence-corrected chi connectivity index (χ0v) is 18.5. The number of nitrogens with zero attached hydrogens (tertiary/aromatic N) is 2. The fraction of sp³-hybridized carbons (Fsp3) is 0.650. The predicted octanol–water partition coefficient (Wildman–Crippen LogP) is 4.00. The monoisotopic (exact) mass is 458 g/mol. The number of halogens is 1. The van der Waals surface area contributed by atoms with E-state index < -0.39 is 0 Å². The molecule has 0 unspecified atom stereocenters. The van der Waals surface area contributed by atoms with E-state index >= 15 is 0 Å². The summed E-state index contributed by atoms with van der Waals surface area (Å²) in [5, 5.41) is 7.05. The van der Waals surface area contributed by atoms with Crippen molar-refractivity contribution in [3.8, 4) is 0 Å². The number of rotatable bonds is 6. The van der Waals surface area contributed by atoms with Gasteiger partial charge in [-0.1, -0.05) is 38.1 Å². The van der Waals surface area contributed by atoms with Gasteiger partial charge in [-0.15, -0.1) is 24.0 Å². The van der Waals surface area contributed by atoms with Crippen LogP contribution >= 0.6 is 24.0 Å². The highest BCUT2D eigenvalue weighted by atomic mass is 127. The number of guanidine groups is 1. The van der Waals surface area contributed by atoms with Crippen molar-refractivity contribution < 1.29 is 0 Å². The minimum atomic E-state index is 0. The molecule has 0 spiro atoms. The lowest BCUT2D eigenvalue weighted by atomic mass is 9.87. The molecular weight excluding hydrogens is 423 g/mol. The lowest BCUT2D eigenvalue weighted by Crippen LogP contribution is -2.44. The molecule has 1 aliphatic carbocycles. The summed E-state index contributed by atoms with van der Waals surface area (Å²) in [6.45, 7) is 7.42. The zero-order chi connectivity index (χ0) is 17.4. The minimum absolute atomic E-state index is 0. The van der Waals surface area contributed by atoms with E-state index in [0.717, 1.165) is 31.5 Å². The third-order valence-electron chi connectivity index (χ3n) is 5.02. The van der Waals surface area contributed by atoms with Crippen LogP contribution in [0.25, 0.3) is 0 Å². The van der Waals surface area contributed by atoms with E-state index in [1.54, 1.807) is 0 Å². The van der Waals surface area contributed by atoms with Gasteiger partial charge in [0.25, 0.3) is 0 Å². The van der Waals surface area contributed by atoms with Crippen LogP contribution in [0, 0.1) is 5.92 Å². The third-order valence-corrected chi connectivity index (χ3v) is 5.02. The highest BCUT2D eigenvalue weighted by Gasteiger charge is 2.18. The molecule has 1 aromatic carbocycles. The Morgan fingerprint density at radius 1 is 1.20 bits per heavy atom. The van der Waals surface area contributed by atoms with Gasteiger partial charge in [0.2, 0.25) is 0 Å². The molecule has 0 saturated heterocycles. The molecule has 142 valence electrons. The van der Waals surface area contributed by atoms with Crippen molar-refractivity contribution in [2.45, 2.75) is 58.7 Å². The Bertz CT molecular complexity index is 524. The van der Waals surface area contributed by atoms with Crippen molar-refractivity contribution in [1.29, 1.82) is 0 Å². The summed E-state index contributed by atoms with van der Waals surface area (Å²) in [5.41, 5.74) is 2.67. The van der Waals surface area contributed by atoms with Crippen LogP contribution < -0.4 is 10.6 Å². The Morgan fingerprint density at radius 3 is 2.52 bits per heavy atom. The molecule has 25 heavy (non-hydrogen) atoms. The number of aliphatic imine (C=N–C) groups is 1. The molecule has 0 aromatic heterocycles. The van der Waals surface area contributed by atoms with Crippen molar-refractivity contribution in [3.63, 3.8) is 0 Å². The number of hydrogen-bond acceptors (Lipinski definition) is 2. The molecule has 5 heteroatoms. The summed E-state index contributed by atoms with van der Waals surface area (Å²) in [5.74, 6) is 1.80. The van der Waals surface area contributed by atoms with Crippen LogP contribution in [0.2, 0.25) is 0 Å². The molecule has 0 aliphatic heterocycles. The predicted molar refractivity (Wildman–Crippen MR) is 119 cm³/mol. The molecule has 2 N–H and O–H groups in total. The molecule has 1 aliphatic rings. The van der Waals surface area contributed by atoms with Crippen LogP contribution in [0.5, 0.6) is 0 Å². The fourth-order valence-electron chi connectivity index (χ4n) is 3.24. The zero-order valence-electron chi connectivity index (χ0n) is 16.2. The molecule has 0 amide bonds. The van der Waals surface area contributed by atoms with Gasteiger partial charge in [-0.2, -0.15) is 0 Å². The lowest BCUT2D eigenvalue weighted by Gasteiger charge is -2.28. The standard InChI is InChI=1S/C20H34N4.HI/c1-5-24(4)15-18-8-6-7-17(13-18)14-22-20(21-3)23-19-11-9-16(2)10-12-19;/h6-8,13,16,19H,5,9-12,14-15H2,1-4H3,(H2,21,22,23);1H. The number of nitrogens with one attached hydrogen (secondary N) is 2. The maximum Gasteiger partial charge on any atom is 0.191 e. The Morgan fingerprint density at radius 2 is 1.88 bits per heavy atom. The quantitative estimate of drug-likeness (QED) is 0.385. The van der Waals surface area contributed by atoms with Crippen LogP contribution in [0.1, 0.15) is 50.7 Å². The summed E-state index contributed by atoms with van der Waals surface area (Å²) in [4.78, 5) is 6.70. The minimum Gasteiger partial charge on any atom is -0.354 e. The summed E-state index contributed by atoms with van der Waals surface area (Å²) in [7, 11) is 4.01. The van der Waals surface area contributed by atoms with E-state index in [4.69, 9.17) is 0 Å². The van der Waals surface area contributed by atoms with Crippen molar-refractivity contribution in [1.82, 2.24) is 15.5 Å². The van der Waals surface area contributed by atoms with Crippen LogP contribution in [0.15, 0.2) is 29.3 Å². The normalized spacial score (nSPS) is 20.9. The molecule has 1 saturated carbocycles. The van der Waals surface area contributed by atoms with Crippen molar-refractivity contribution in [3.05, 3.63) is 35.4 Å². The highest BCUT2D eigenvalue weighted by Crippen LogP contribution is 2.23. The topological polar surface area (TPSA) is 39.7 Å². The molecule has 0 bridgehead atoms. The van der Waals surface area contributed by atoms with Crippen LogP contribution in [0.3, 0.4) is 0 Å². The van der Waals surface area contributed by atoms with Crippen LogP contribution in [-0.4, -0.2) is 37.5 Å². The molecule has 2 rings (SSSR count). The second-order valence-electron chi connectivity index (χ2n) is 7.18. The molecular formula is C20H35IN4. The molecule has 1 fully saturated rings. The smallest absolute Gasteiger partial charge is 0.191 e. The third kappa shape index (κ3) is 7.94. The van der Waals surface area contributed by atoms with E-state index in [-0.39, 0.29) is 24.0 Å². The largest absolute Gasteiger partial charge is 0.354 e. The van der Waals surface area contributed by atoms with Gasteiger partial charge in [0.1, 0.15) is 0 Å². The lowest BCUT2D eigenvalue weighted by molar-refractivity contribution is 0.329. The SMILES string of the molecule is CCN(C)Cc1cccc(CNC(=NC)NC2CCC(C)CC2)c1.I. The first-order valence-electron chi connectivity index (χ1n) is 9.34. The van der Waals surface area contributed by atoms with Crippen molar-refractivity contribution >= 4 is 29.9 Å². The first-order valence-corrected chi connectivity index (χ1v) is 9.34. The first kappa shape index (κ1) is 22.2. The first-order chi connectivity index (χ1) is 11.6. The van der Waals surface area contributed by atoms with Crippen molar-refractivity contribution in [2.24, 2.45) is 10.9 Å². The van der Waals surface area contributed by atoms with Gasteiger partial charge in [0.05, 0.1) is 0 Å². The molecule has 1 aromatic rings. The molecule has 0 radical (unpaired) electrons.